The van der Waals surface area contributed by atoms with Gasteiger partial charge in [0.1, 0.15) is 17.1 Å². The number of nitrogens with two attached hydrogens (primary N) is 1. The molecule has 1 atom stereocenters. The molecule has 1 aromatic carbocycles. The van der Waals surface area contributed by atoms with Gasteiger partial charge in [-0.2, -0.15) is 0 Å². The lowest BCUT2D eigenvalue weighted by molar-refractivity contribution is 0.0690. The fourth-order valence-electron chi connectivity index (χ4n) is 1.65. The molecule has 15 heavy (non-hydrogen) atoms. The average molecular weight is 211 g/mol. The van der Waals surface area contributed by atoms with Crippen LogP contribution in [0.4, 0.5) is 4.39 Å². The Bertz CT molecular complexity index is 419. The van der Waals surface area contributed by atoms with Crippen molar-refractivity contribution in [3.05, 3.63) is 29.1 Å². The molecule has 5 heteroatoms. The number of hydrogen-bond donors (Lipinski definition) is 2. The van der Waals surface area contributed by atoms with Gasteiger partial charge >= 0.3 is 5.97 Å². The highest BCUT2D eigenvalue weighted by molar-refractivity contribution is 5.91. The van der Waals surface area contributed by atoms with Crippen molar-refractivity contribution in [1.82, 2.24) is 0 Å². The van der Waals surface area contributed by atoms with E-state index in [9.17, 15) is 9.18 Å². The molecule has 0 spiro atoms. The summed E-state index contributed by atoms with van der Waals surface area (Å²) >= 11 is 0. The van der Waals surface area contributed by atoms with Gasteiger partial charge in [-0.05, 0) is 12.1 Å². The van der Waals surface area contributed by atoms with Crippen LogP contribution in [0.15, 0.2) is 12.1 Å². The summed E-state index contributed by atoms with van der Waals surface area (Å²) in [5.41, 5.74) is 6.01. The first-order chi connectivity index (χ1) is 7.09. The standard InChI is InChI=1S/C10H10FNO3/c11-5-3-6-8(12)1-2-15-9(6)7(4-5)10(13)14/h3-4,8H,1-2,12H2,(H,13,14)/t8-/m1/s1. The van der Waals surface area contributed by atoms with Crippen LogP contribution >= 0.6 is 0 Å². The van der Waals surface area contributed by atoms with E-state index in [1.807, 2.05) is 0 Å². The molecule has 1 aliphatic rings. The SMILES string of the molecule is N[C@@H]1CCOc2c(C(=O)O)cc(F)cc21. The summed E-state index contributed by atoms with van der Waals surface area (Å²) in [4.78, 5) is 10.8. The quantitative estimate of drug-likeness (QED) is 0.734. The average Bonchev–Trinajstić information content (AvgIpc) is 2.18. The minimum absolute atomic E-state index is 0.167. The number of benzene rings is 1. The Kier molecular flexibility index (Phi) is 2.32. The van der Waals surface area contributed by atoms with Gasteiger partial charge in [-0.15, -0.1) is 0 Å². The van der Waals surface area contributed by atoms with E-state index in [4.69, 9.17) is 15.6 Å². The maximum atomic E-state index is 13.1. The lowest BCUT2D eigenvalue weighted by Crippen LogP contribution is -2.22. The third kappa shape index (κ3) is 1.66. The van der Waals surface area contributed by atoms with Crippen molar-refractivity contribution in [2.24, 2.45) is 5.73 Å². The second kappa shape index (κ2) is 3.51. The Morgan fingerprint density at radius 1 is 1.60 bits per heavy atom. The van der Waals surface area contributed by atoms with E-state index in [2.05, 4.69) is 0 Å². The number of carbonyl (C=O) groups is 1. The largest absolute Gasteiger partial charge is 0.492 e. The highest BCUT2D eigenvalue weighted by Gasteiger charge is 2.25. The van der Waals surface area contributed by atoms with Crippen molar-refractivity contribution in [2.45, 2.75) is 12.5 Å². The van der Waals surface area contributed by atoms with E-state index in [-0.39, 0.29) is 17.4 Å². The van der Waals surface area contributed by atoms with Crippen LogP contribution in [0.25, 0.3) is 0 Å². The lowest BCUT2D eigenvalue weighted by Gasteiger charge is -2.24. The highest BCUT2D eigenvalue weighted by atomic mass is 19.1. The minimum Gasteiger partial charge on any atom is -0.492 e. The van der Waals surface area contributed by atoms with Gasteiger partial charge < -0.3 is 15.6 Å². The Morgan fingerprint density at radius 3 is 3.00 bits per heavy atom. The third-order valence-corrected chi connectivity index (χ3v) is 2.39. The molecule has 0 aliphatic carbocycles. The molecular weight excluding hydrogens is 201 g/mol. The summed E-state index contributed by atoms with van der Waals surface area (Å²) in [7, 11) is 0. The summed E-state index contributed by atoms with van der Waals surface area (Å²) in [5.74, 6) is -1.62. The van der Waals surface area contributed by atoms with Crippen molar-refractivity contribution < 1.29 is 19.0 Å². The summed E-state index contributed by atoms with van der Waals surface area (Å²) in [6, 6.07) is 1.81. The van der Waals surface area contributed by atoms with Crippen molar-refractivity contribution in [1.29, 1.82) is 0 Å². The summed E-state index contributed by atoms with van der Waals surface area (Å²) < 4.78 is 18.3. The maximum Gasteiger partial charge on any atom is 0.339 e. The molecule has 1 heterocycles. The number of carboxylic acid groups (broad SMARTS) is 1. The number of aromatic carboxylic acids is 1. The van der Waals surface area contributed by atoms with Crippen molar-refractivity contribution in [3.63, 3.8) is 0 Å². The van der Waals surface area contributed by atoms with E-state index in [0.717, 1.165) is 6.07 Å². The van der Waals surface area contributed by atoms with Gasteiger partial charge in [-0.25, -0.2) is 9.18 Å². The van der Waals surface area contributed by atoms with E-state index >= 15 is 0 Å². The number of rotatable bonds is 1. The van der Waals surface area contributed by atoms with Gasteiger partial charge in [0.15, 0.2) is 0 Å². The highest BCUT2D eigenvalue weighted by Crippen LogP contribution is 2.34. The normalized spacial score (nSPS) is 19.2. The van der Waals surface area contributed by atoms with Crippen LogP contribution in [0.2, 0.25) is 0 Å². The van der Waals surface area contributed by atoms with Gasteiger partial charge in [0.05, 0.1) is 6.61 Å². The molecule has 4 nitrogen and oxygen atoms in total. The zero-order valence-corrected chi connectivity index (χ0v) is 7.87. The van der Waals surface area contributed by atoms with E-state index < -0.39 is 11.8 Å². The number of ether oxygens (including phenoxy) is 1. The fourth-order valence-corrected chi connectivity index (χ4v) is 1.65. The molecule has 2 rings (SSSR count). The Labute approximate surface area is 85.5 Å². The molecule has 0 aromatic heterocycles. The summed E-state index contributed by atoms with van der Waals surface area (Å²) in [5, 5.41) is 8.86. The molecule has 1 aliphatic heterocycles. The minimum atomic E-state index is -1.21. The first kappa shape index (κ1) is 9.92. The molecule has 0 fully saturated rings. The lowest BCUT2D eigenvalue weighted by atomic mass is 9.98. The molecule has 0 saturated carbocycles. The second-order valence-electron chi connectivity index (χ2n) is 3.42. The molecule has 1 aromatic rings. The zero-order chi connectivity index (χ0) is 11.0. The van der Waals surface area contributed by atoms with Crippen LogP contribution in [0.1, 0.15) is 28.4 Å². The van der Waals surface area contributed by atoms with Crippen molar-refractivity contribution in [3.8, 4) is 5.75 Å². The van der Waals surface area contributed by atoms with Gasteiger partial charge in [0.25, 0.3) is 0 Å². The van der Waals surface area contributed by atoms with Crippen molar-refractivity contribution in [2.75, 3.05) is 6.61 Å². The van der Waals surface area contributed by atoms with Crippen LogP contribution < -0.4 is 10.5 Å². The molecule has 0 saturated heterocycles. The smallest absolute Gasteiger partial charge is 0.339 e. The number of hydrogen-bond acceptors (Lipinski definition) is 3. The predicted octanol–water partition coefficient (Wildman–Crippen LogP) is 1.31. The number of halogens is 1. The van der Waals surface area contributed by atoms with Crippen LogP contribution in [-0.4, -0.2) is 17.7 Å². The number of fused-ring (bicyclic) bond motifs is 1. The summed E-state index contributed by atoms with van der Waals surface area (Å²) in [6.07, 6.45) is 0.565. The monoisotopic (exact) mass is 211 g/mol. The predicted molar refractivity (Wildman–Crippen MR) is 50.4 cm³/mol. The Hall–Kier alpha value is -1.62. The van der Waals surface area contributed by atoms with Crippen LogP contribution in [-0.2, 0) is 0 Å². The maximum absolute atomic E-state index is 13.1. The second-order valence-corrected chi connectivity index (χ2v) is 3.42. The van der Waals surface area contributed by atoms with E-state index in [1.165, 1.54) is 6.07 Å². The third-order valence-electron chi connectivity index (χ3n) is 2.39. The van der Waals surface area contributed by atoms with E-state index in [0.29, 0.717) is 18.6 Å². The van der Waals surface area contributed by atoms with E-state index in [1.54, 1.807) is 0 Å². The number of carboxylic acids is 1. The molecular formula is C10H10FNO3. The zero-order valence-electron chi connectivity index (χ0n) is 7.87. The molecule has 0 bridgehead atoms. The van der Waals surface area contributed by atoms with Crippen LogP contribution in [0, 0.1) is 5.82 Å². The Morgan fingerprint density at radius 2 is 2.33 bits per heavy atom. The topological polar surface area (TPSA) is 72.5 Å². The summed E-state index contributed by atoms with van der Waals surface area (Å²) in [6.45, 7) is 0.361. The molecule has 0 radical (unpaired) electrons. The van der Waals surface area contributed by atoms with Gasteiger partial charge in [0.2, 0.25) is 0 Å². The molecule has 3 N–H and O–H groups in total. The molecule has 0 amide bonds. The first-order valence-electron chi connectivity index (χ1n) is 4.54. The first-order valence-corrected chi connectivity index (χ1v) is 4.54. The van der Waals surface area contributed by atoms with Gasteiger partial charge in [-0.3, -0.25) is 0 Å². The Balaban J connectivity index is 2.62. The van der Waals surface area contributed by atoms with Gasteiger partial charge in [-0.1, -0.05) is 0 Å². The molecule has 80 valence electrons. The van der Waals surface area contributed by atoms with Crippen LogP contribution in [0.3, 0.4) is 0 Å². The van der Waals surface area contributed by atoms with Crippen molar-refractivity contribution >= 4 is 5.97 Å². The molecule has 0 unspecified atom stereocenters. The van der Waals surface area contributed by atoms with Gasteiger partial charge in [0, 0.05) is 18.0 Å². The van der Waals surface area contributed by atoms with Crippen LogP contribution in [0.5, 0.6) is 5.75 Å². The fraction of sp³-hybridized carbons (Fsp3) is 0.300.